The van der Waals surface area contributed by atoms with Gasteiger partial charge in [0.25, 0.3) is 0 Å². The van der Waals surface area contributed by atoms with Gasteiger partial charge in [0.2, 0.25) is 10.0 Å². The highest BCUT2D eigenvalue weighted by molar-refractivity contribution is 7.89. The molecule has 1 atom stereocenters. The molecule has 1 heterocycles. The number of nitrogens with one attached hydrogen (secondary N) is 1. The highest BCUT2D eigenvalue weighted by Gasteiger charge is 2.29. The van der Waals surface area contributed by atoms with E-state index in [2.05, 4.69) is 5.32 Å². The first kappa shape index (κ1) is 12.5. The lowest BCUT2D eigenvalue weighted by molar-refractivity contribution is 0.0399. The SMILES string of the molecule is CO[C@@H]1CN(S(=O)(=O)c2ccccc2)CCN1. The van der Waals surface area contributed by atoms with E-state index in [0.29, 0.717) is 24.5 Å². The predicted octanol–water partition coefficient (Wildman–Crippen LogP) is 0.253. The Balaban J connectivity index is 2.21. The van der Waals surface area contributed by atoms with Crippen molar-refractivity contribution in [2.24, 2.45) is 0 Å². The van der Waals surface area contributed by atoms with Crippen LogP contribution in [-0.4, -0.2) is 45.7 Å². The van der Waals surface area contributed by atoms with E-state index in [1.807, 2.05) is 0 Å². The average molecular weight is 256 g/mol. The number of hydrogen-bond donors (Lipinski definition) is 1. The van der Waals surface area contributed by atoms with Crippen LogP contribution in [0.3, 0.4) is 0 Å². The lowest BCUT2D eigenvalue weighted by Gasteiger charge is -2.31. The molecular weight excluding hydrogens is 240 g/mol. The van der Waals surface area contributed by atoms with E-state index < -0.39 is 10.0 Å². The third kappa shape index (κ3) is 2.66. The molecule has 0 amide bonds. The van der Waals surface area contributed by atoms with Crippen LogP contribution < -0.4 is 5.32 Å². The summed E-state index contributed by atoms with van der Waals surface area (Å²) in [6.07, 6.45) is -0.234. The normalized spacial score (nSPS) is 22.5. The highest BCUT2D eigenvalue weighted by Crippen LogP contribution is 2.16. The van der Waals surface area contributed by atoms with Gasteiger partial charge in [0.15, 0.2) is 0 Å². The Labute approximate surface area is 101 Å². The molecule has 0 spiro atoms. The summed E-state index contributed by atoms with van der Waals surface area (Å²) in [6.45, 7) is 1.41. The predicted molar refractivity (Wildman–Crippen MR) is 64.0 cm³/mol. The minimum absolute atomic E-state index is 0.234. The zero-order valence-corrected chi connectivity index (χ0v) is 10.5. The van der Waals surface area contributed by atoms with Crippen molar-refractivity contribution < 1.29 is 13.2 Å². The maximum absolute atomic E-state index is 12.3. The first-order valence-corrected chi connectivity index (χ1v) is 6.90. The Kier molecular flexibility index (Phi) is 3.78. The van der Waals surface area contributed by atoms with E-state index in [0.717, 1.165) is 0 Å². The molecule has 1 aromatic carbocycles. The minimum atomic E-state index is -3.39. The number of piperazine rings is 1. The van der Waals surface area contributed by atoms with Crippen molar-refractivity contribution in [2.45, 2.75) is 11.1 Å². The van der Waals surface area contributed by atoms with E-state index in [1.165, 1.54) is 4.31 Å². The van der Waals surface area contributed by atoms with E-state index in [4.69, 9.17) is 4.74 Å². The van der Waals surface area contributed by atoms with Gasteiger partial charge in [-0.1, -0.05) is 18.2 Å². The Morgan fingerprint density at radius 2 is 2.06 bits per heavy atom. The van der Waals surface area contributed by atoms with Crippen LogP contribution in [0.5, 0.6) is 0 Å². The summed E-state index contributed by atoms with van der Waals surface area (Å²) >= 11 is 0. The van der Waals surface area contributed by atoms with Crippen LogP contribution in [0.25, 0.3) is 0 Å². The molecule has 2 rings (SSSR count). The number of nitrogens with zero attached hydrogens (tertiary/aromatic N) is 1. The fraction of sp³-hybridized carbons (Fsp3) is 0.455. The molecule has 1 fully saturated rings. The van der Waals surface area contributed by atoms with Crippen molar-refractivity contribution in [3.63, 3.8) is 0 Å². The van der Waals surface area contributed by atoms with Gasteiger partial charge in [0.1, 0.15) is 6.23 Å². The maximum atomic E-state index is 12.3. The molecule has 1 aliphatic rings. The van der Waals surface area contributed by atoms with Crippen LogP contribution in [0.2, 0.25) is 0 Å². The van der Waals surface area contributed by atoms with Gasteiger partial charge >= 0.3 is 0 Å². The summed E-state index contributed by atoms with van der Waals surface area (Å²) in [5, 5.41) is 3.09. The number of hydrogen-bond acceptors (Lipinski definition) is 4. The number of benzene rings is 1. The second-order valence-electron chi connectivity index (χ2n) is 3.85. The fourth-order valence-corrected chi connectivity index (χ4v) is 3.27. The zero-order valence-electron chi connectivity index (χ0n) is 9.67. The van der Waals surface area contributed by atoms with E-state index in [-0.39, 0.29) is 6.23 Å². The minimum Gasteiger partial charge on any atom is -0.365 e. The van der Waals surface area contributed by atoms with Gasteiger partial charge in [0, 0.05) is 20.2 Å². The summed E-state index contributed by atoms with van der Waals surface area (Å²) in [5.74, 6) is 0. The standard InChI is InChI=1S/C11H16N2O3S/c1-16-11-9-13(8-7-12-11)17(14,15)10-5-3-2-4-6-10/h2-6,11-12H,7-9H2,1H3/t11-/m1/s1. The molecule has 6 heteroatoms. The third-order valence-electron chi connectivity index (χ3n) is 2.77. The van der Waals surface area contributed by atoms with Gasteiger partial charge in [-0.3, -0.25) is 5.32 Å². The first-order chi connectivity index (χ1) is 8.14. The lowest BCUT2D eigenvalue weighted by Crippen LogP contribution is -2.53. The summed E-state index contributed by atoms with van der Waals surface area (Å²) in [6, 6.07) is 8.47. The molecule has 0 radical (unpaired) electrons. The van der Waals surface area contributed by atoms with Crippen LogP contribution in [0, 0.1) is 0 Å². The number of ether oxygens (including phenoxy) is 1. The van der Waals surface area contributed by atoms with Gasteiger partial charge in [0.05, 0.1) is 11.4 Å². The van der Waals surface area contributed by atoms with Gasteiger partial charge in [-0.25, -0.2) is 8.42 Å². The lowest BCUT2D eigenvalue weighted by atomic mass is 10.4. The van der Waals surface area contributed by atoms with Crippen LogP contribution in [0.15, 0.2) is 35.2 Å². The largest absolute Gasteiger partial charge is 0.365 e. The van der Waals surface area contributed by atoms with Crippen molar-refractivity contribution in [2.75, 3.05) is 26.7 Å². The summed E-state index contributed by atoms with van der Waals surface area (Å²) in [4.78, 5) is 0.330. The molecular formula is C11H16N2O3S. The van der Waals surface area contributed by atoms with E-state index >= 15 is 0 Å². The molecule has 5 nitrogen and oxygen atoms in total. The van der Waals surface area contributed by atoms with Crippen molar-refractivity contribution in [3.05, 3.63) is 30.3 Å². The van der Waals surface area contributed by atoms with Gasteiger partial charge in [-0.2, -0.15) is 4.31 Å². The number of sulfonamides is 1. The van der Waals surface area contributed by atoms with Crippen molar-refractivity contribution >= 4 is 10.0 Å². The Morgan fingerprint density at radius 1 is 1.35 bits per heavy atom. The molecule has 94 valence electrons. The molecule has 0 unspecified atom stereocenters. The fourth-order valence-electron chi connectivity index (χ4n) is 1.81. The Morgan fingerprint density at radius 3 is 2.71 bits per heavy atom. The van der Waals surface area contributed by atoms with Crippen LogP contribution >= 0.6 is 0 Å². The van der Waals surface area contributed by atoms with Gasteiger partial charge < -0.3 is 4.74 Å². The zero-order chi connectivity index (χ0) is 12.3. The average Bonchev–Trinajstić information content (AvgIpc) is 2.40. The van der Waals surface area contributed by atoms with Gasteiger partial charge in [-0.15, -0.1) is 0 Å². The molecule has 17 heavy (non-hydrogen) atoms. The van der Waals surface area contributed by atoms with Crippen LogP contribution in [0.1, 0.15) is 0 Å². The molecule has 0 aromatic heterocycles. The smallest absolute Gasteiger partial charge is 0.243 e. The highest BCUT2D eigenvalue weighted by atomic mass is 32.2. The van der Waals surface area contributed by atoms with E-state index in [9.17, 15) is 8.42 Å². The Hall–Kier alpha value is -0.950. The van der Waals surface area contributed by atoms with Crippen molar-refractivity contribution in [1.29, 1.82) is 0 Å². The number of methoxy groups -OCH3 is 1. The van der Waals surface area contributed by atoms with Crippen LogP contribution in [-0.2, 0) is 14.8 Å². The van der Waals surface area contributed by atoms with E-state index in [1.54, 1.807) is 37.4 Å². The molecule has 0 aliphatic carbocycles. The molecule has 1 aliphatic heterocycles. The molecule has 1 aromatic rings. The van der Waals surface area contributed by atoms with Gasteiger partial charge in [-0.05, 0) is 12.1 Å². The second kappa shape index (κ2) is 5.14. The summed E-state index contributed by atoms with van der Waals surface area (Å²) in [5.41, 5.74) is 0. The molecule has 1 N–H and O–H groups in total. The topological polar surface area (TPSA) is 58.6 Å². The maximum Gasteiger partial charge on any atom is 0.243 e. The summed E-state index contributed by atoms with van der Waals surface area (Å²) < 4.78 is 31.2. The van der Waals surface area contributed by atoms with Crippen LogP contribution in [0.4, 0.5) is 0 Å². The molecule has 0 bridgehead atoms. The van der Waals surface area contributed by atoms with Crippen molar-refractivity contribution in [3.8, 4) is 0 Å². The molecule has 1 saturated heterocycles. The summed E-state index contributed by atoms with van der Waals surface area (Å²) in [7, 11) is -1.83. The first-order valence-electron chi connectivity index (χ1n) is 5.46. The Bertz CT molecular complexity index is 461. The number of rotatable bonds is 3. The second-order valence-corrected chi connectivity index (χ2v) is 5.79. The monoisotopic (exact) mass is 256 g/mol. The van der Waals surface area contributed by atoms with Crippen molar-refractivity contribution in [1.82, 2.24) is 9.62 Å². The third-order valence-corrected chi connectivity index (χ3v) is 4.65. The molecule has 0 saturated carbocycles. The quantitative estimate of drug-likeness (QED) is 0.842.